The van der Waals surface area contributed by atoms with Gasteiger partial charge in [-0.15, -0.1) is 0 Å². The van der Waals surface area contributed by atoms with Crippen molar-refractivity contribution in [1.82, 2.24) is 9.88 Å². The maximum absolute atomic E-state index is 12.6. The van der Waals surface area contributed by atoms with Gasteiger partial charge in [-0.2, -0.15) is 0 Å². The molecule has 0 atom stereocenters. The molecule has 0 unspecified atom stereocenters. The molecule has 1 heterocycles. The Labute approximate surface area is 118 Å². The minimum Gasteiger partial charge on any atom is -0.399 e. The summed E-state index contributed by atoms with van der Waals surface area (Å²) in [7, 11) is 0. The number of ether oxygens (including phenoxy) is 1. The van der Waals surface area contributed by atoms with E-state index in [1.807, 2.05) is 32.0 Å². The number of anilines is 1. The third-order valence-electron chi connectivity index (χ3n) is 3.31. The Balaban J connectivity index is 2.22. The van der Waals surface area contributed by atoms with Crippen LogP contribution in [0, 0.1) is 0 Å². The van der Waals surface area contributed by atoms with Crippen molar-refractivity contribution in [3.05, 3.63) is 30.0 Å². The number of likely N-dealkylation sites (N-methyl/N-ethyl adjacent to an activating group) is 1. The number of fused-ring (bicyclic) bond motifs is 1. The zero-order valence-corrected chi connectivity index (χ0v) is 12.0. The molecule has 0 aliphatic carbocycles. The Bertz CT molecular complexity index is 592. The summed E-state index contributed by atoms with van der Waals surface area (Å²) in [6.45, 7) is 6.38. The lowest BCUT2D eigenvalue weighted by atomic mass is 10.1. The molecule has 1 amide bonds. The summed E-state index contributed by atoms with van der Waals surface area (Å²) in [6.07, 6.45) is 1.75. The van der Waals surface area contributed by atoms with E-state index in [0.717, 1.165) is 10.9 Å². The van der Waals surface area contributed by atoms with Gasteiger partial charge < -0.3 is 20.4 Å². The fraction of sp³-hybridized carbons (Fsp3) is 0.400. The molecule has 0 radical (unpaired) electrons. The van der Waals surface area contributed by atoms with Gasteiger partial charge in [0.2, 0.25) is 0 Å². The Morgan fingerprint density at radius 2 is 2.20 bits per heavy atom. The van der Waals surface area contributed by atoms with Crippen molar-refractivity contribution < 1.29 is 9.53 Å². The van der Waals surface area contributed by atoms with Crippen molar-refractivity contribution in [2.75, 3.05) is 32.0 Å². The lowest BCUT2D eigenvalue weighted by molar-refractivity contribution is 0.0671. The molecule has 5 heteroatoms. The number of hydrogen-bond acceptors (Lipinski definition) is 3. The Hall–Kier alpha value is -2.01. The molecular formula is C15H21N3O2. The number of H-pyrrole nitrogens is 1. The zero-order valence-electron chi connectivity index (χ0n) is 12.0. The second-order valence-electron chi connectivity index (χ2n) is 4.59. The summed E-state index contributed by atoms with van der Waals surface area (Å²) in [5, 5.41) is 0.866. The number of aromatic nitrogens is 1. The monoisotopic (exact) mass is 275 g/mol. The second-order valence-corrected chi connectivity index (χ2v) is 4.59. The first kappa shape index (κ1) is 14.4. The number of nitrogens with zero attached hydrogens (tertiary/aromatic N) is 1. The van der Waals surface area contributed by atoms with Gasteiger partial charge in [0, 0.05) is 42.5 Å². The average Bonchev–Trinajstić information content (AvgIpc) is 2.86. The van der Waals surface area contributed by atoms with E-state index in [9.17, 15) is 4.79 Å². The fourth-order valence-corrected chi connectivity index (χ4v) is 2.21. The highest BCUT2D eigenvalue weighted by Crippen LogP contribution is 2.22. The van der Waals surface area contributed by atoms with E-state index in [2.05, 4.69) is 4.98 Å². The van der Waals surface area contributed by atoms with Gasteiger partial charge in [0.1, 0.15) is 0 Å². The van der Waals surface area contributed by atoms with Crippen molar-refractivity contribution in [1.29, 1.82) is 0 Å². The number of rotatable bonds is 6. The highest BCUT2D eigenvalue weighted by Gasteiger charge is 2.17. The highest BCUT2D eigenvalue weighted by molar-refractivity contribution is 6.07. The number of nitrogens with two attached hydrogens (primary N) is 1. The summed E-state index contributed by atoms with van der Waals surface area (Å²) in [6, 6.07) is 5.53. The maximum atomic E-state index is 12.6. The molecule has 3 N–H and O–H groups in total. The quantitative estimate of drug-likeness (QED) is 0.627. The molecule has 108 valence electrons. The van der Waals surface area contributed by atoms with Crippen LogP contribution in [0.2, 0.25) is 0 Å². The molecule has 0 saturated carbocycles. The molecule has 0 aliphatic rings. The van der Waals surface area contributed by atoms with Crippen LogP contribution >= 0.6 is 0 Å². The van der Waals surface area contributed by atoms with Crippen molar-refractivity contribution in [3.63, 3.8) is 0 Å². The summed E-state index contributed by atoms with van der Waals surface area (Å²) in [5.74, 6) is 0.00375. The van der Waals surface area contributed by atoms with E-state index in [0.29, 0.717) is 37.6 Å². The predicted molar refractivity (Wildman–Crippen MR) is 80.8 cm³/mol. The minimum atomic E-state index is 0.00375. The molecule has 0 saturated heterocycles. The smallest absolute Gasteiger partial charge is 0.256 e. The molecule has 0 fully saturated rings. The summed E-state index contributed by atoms with van der Waals surface area (Å²) in [5.41, 5.74) is 8.03. The number of amides is 1. The van der Waals surface area contributed by atoms with E-state index in [-0.39, 0.29) is 5.91 Å². The van der Waals surface area contributed by atoms with Crippen LogP contribution in [0.4, 0.5) is 5.69 Å². The van der Waals surface area contributed by atoms with E-state index in [1.54, 1.807) is 11.1 Å². The van der Waals surface area contributed by atoms with Gasteiger partial charge in [-0.25, -0.2) is 0 Å². The first-order chi connectivity index (χ1) is 9.67. The van der Waals surface area contributed by atoms with Crippen LogP contribution in [-0.2, 0) is 4.74 Å². The van der Waals surface area contributed by atoms with Gasteiger partial charge in [0.25, 0.3) is 5.91 Å². The number of carbonyl (C=O) groups is 1. The van der Waals surface area contributed by atoms with Crippen LogP contribution in [0.5, 0.6) is 0 Å². The molecule has 20 heavy (non-hydrogen) atoms. The van der Waals surface area contributed by atoms with Crippen molar-refractivity contribution >= 4 is 22.5 Å². The first-order valence-electron chi connectivity index (χ1n) is 6.91. The molecule has 1 aromatic carbocycles. The standard InChI is InChI=1S/C15H21N3O2/c1-3-18(7-8-20-4-2)15(19)13-10-17-14-6-5-11(16)9-12(13)14/h5-6,9-10,17H,3-4,7-8,16H2,1-2H3. The Morgan fingerprint density at radius 1 is 1.40 bits per heavy atom. The van der Waals surface area contributed by atoms with Gasteiger partial charge in [-0.1, -0.05) is 0 Å². The summed E-state index contributed by atoms with van der Waals surface area (Å²) >= 11 is 0. The second kappa shape index (κ2) is 6.43. The SMILES string of the molecule is CCOCCN(CC)C(=O)c1c[nH]c2ccc(N)cc12. The lowest BCUT2D eigenvalue weighted by Gasteiger charge is -2.20. The number of carbonyl (C=O) groups excluding carboxylic acids is 1. The van der Waals surface area contributed by atoms with E-state index >= 15 is 0 Å². The Kier molecular flexibility index (Phi) is 4.63. The molecule has 5 nitrogen and oxygen atoms in total. The maximum Gasteiger partial charge on any atom is 0.256 e. The van der Waals surface area contributed by atoms with Crippen LogP contribution in [0.25, 0.3) is 10.9 Å². The number of hydrogen-bond donors (Lipinski definition) is 2. The molecule has 0 spiro atoms. The third-order valence-corrected chi connectivity index (χ3v) is 3.31. The Morgan fingerprint density at radius 3 is 2.90 bits per heavy atom. The fourth-order valence-electron chi connectivity index (χ4n) is 2.21. The molecular weight excluding hydrogens is 254 g/mol. The van der Waals surface area contributed by atoms with E-state index in [4.69, 9.17) is 10.5 Å². The zero-order chi connectivity index (χ0) is 14.5. The van der Waals surface area contributed by atoms with Crippen molar-refractivity contribution in [3.8, 4) is 0 Å². The summed E-state index contributed by atoms with van der Waals surface area (Å²) in [4.78, 5) is 17.5. The van der Waals surface area contributed by atoms with Gasteiger partial charge in [0.05, 0.1) is 12.2 Å². The number of nitrogen functional groups attached to an aromatic ring is 1. The van der Waals surface area contributed by atoms with Crippen LogP contribution < -0.4 is 5.73 Å². The number of aromatic amines is 1. The highest BCUT2D eigenvalue weighted by atomic mass is 16.5. The molecule has 2 aromatic rings. The minimum absolute atomic E-state index is 0.00375. The molecule has 1 aromatic heterocycles. The predicted octanol–water partition coefficient (Wildman–Crippen LogP) is 2.25. The number of nitrogens with one attached hydrogen (secondary N) is 1. The van der Waals surface area contributed by atoms with Gasteiger partial charge in [-0.05, 0) is 32.0 Å². The van der Waals surface area contributed by atoms with Crippen LogP contribution in [0.1, 0.15) is 24.2 Å². The third kappa shape index (κ3) is 2.93. The van der Waals surface area contributed by atoms with E-state index < -0.39 is 0 Å². The van der Waals surface area contributed by atoms with Crippen molar-refractivity contribution in [2.45, 2.75) is 13.8 Å². The van der Waals surface area contributed by atoms with Gasteiger partial charge >= 0.3 is 0 Å². The number of benzene rings is 1. The topological polar surface area (TPSA) is 71.3 Å². The molecule has 0 aliphatic heterocycles. The average molecular weight is 275 g/mol. The molecule has 0 bridgehead atoms. The molecule has 2 rings (SSSR count). The van der Waals surface area contributed by atoms with Crippen LogP contribution in [0.3, 0.4) is 0 Å². The van der Waals surface area contributed by atoms with Crippen molar-refractivity contribution in [2.24, 2.45) is 0 Å². The largest absolute Gasteiger partial charge is 0.399 e. The van der Waals surface area contributed by atoms with Crippen LogP contribution in [-0.4, -0.2) is 42.1 Å². The van der Waals surface area contributed by atoms with E-state index in [1.165, 1.54) is 0 Å². The van der Waals surface area contributed by atoms with Gasteiger partial charge in [-0.3, -0.25) is 4.79 Å². The lowest BCUT2D eigenvalue weighted by Crippen LogP contribution is -2.33. The normalized spacial score (nSPS) is 10.9. The first-order valence-corrected chi connectivity index (χ1v) is 6.91. The van der Waals surface area contributed by atoms with Crippen LogP contribution in [0.15, 0.2) is 24.4 Å². The van der Waals surface area contributed by atoms with Gasteiger partial charge in [0.15, 0.2) is 0 Å². The summed E-state index contributed by atoms with van der Waals surface area (Å²) < 4.78 is 5.32.